The zero-order valence-corrected chi connectivity index (χ0v) is 12.5. The summed E-state index contributed by atoms with van der Waals surface area (Å²) in [5, 5.41) is 3.91. The first kappa shape index (κ1) is 15.0. The SMILES string of the molecule is CCOc1cc(-c2cc(N)on2)cc(OCC)c1OCC. The maximum atomic E-state index is 5.65. The molecular weight excluding hydrogens is 272 g/mol. The average Bonchev–Trinajstić information content (AvgIpc) is 2.89. The first-order valence-corrected chi connectivity index (χ1v) is 6.98. The summed E-state index contributed by atoms with van der Waals surface area (Å²) >= 11 is 0. The third-order valence-corrected chi connectivity index (χ3v) is 2.73. The van der Waals surface area contributed by atoms with Gasteiger partial charge in [-0.2, -0.15) is 0 Å². The molecule has 0 aliphatic heterocycles. The number of hydrogen-bond donors (Lipinski definition) is 1. The van der Waals surface area contributed by atoms with Crippen LogP contribution in [0.4, 0.5) is 5.88 Å². The lowest BCUT2D eigenvalue weighted by Crippen LogP contribution is -2.03. The van der Waals surface area contributed by atoms with Crippen molar-refractivity contribution < 1.29 is 18.7 Å². The molecule has 1 aromatic carbocycles. The number of nitrogens with two attached hydrogens (primary N) is 1. The van der Waals surface area contributed by atoms with E-state index in [2.05, 4.69) is 5.16 Å². The minimum absolute atomic E-state index is 0.259. The van der Waals surface area contributed by atoms with Crippen LogP contribution in [0.15, 0.2) is 22.7 Å². The number of benzene rings is 1. The van der Waals surface area contributed by atoms with Gasteiger partial charge in [0.15, 0.2) is 11.5 Å². The lowest BCUT2D eigenvalue weighted by atomic mass is 10.1. The van der Waals surface area contributed by atoms with Crippen LogP contribution in [-0.2, 0) is 0 Å². The first-order valence-electron chi connectivity index (χ1n) is 6.98. The van der Waals surface area contributed by atoms with E-state index in [0.717, 1.165) is 5.56 Å². The standard InChI is InChI=1S/C15H20N2O4/c1-4-18-12-7-10(11-9-14(16)21-17-11)8-13(19-5-2)15(12)20-6-3/h7-9H,4-6,16H2,1-3H3. The number of anilines is 1. The fourth-order valence-electron chi connectivity index (χ4n) is 1.96. The number of ether oxygens (including phenoxy) is 3. The Bertz CT molecular complexity index is 568. The minimum atomic E-state index is 0.259. The van der Waals surface area contributed by atoms with Crippen LogP contribution in [-0.4, -0.2) is 25.0 Å². The number of nitrogen functional groups attached to an aromatic ring is 1. The van der Waals surface area contributed by atoms with Crippen molar-refractivity contribution in [3.63, 3.8) is 0 Å². The monoisotopic (exact) mass is 292 g/mol. The predicted octanol–water partition coefficient (Wildman–Crippen LogP) is 3.12. The molecule has 0 amide bonds. The number of aromatic nitrogens is 1. The molecule has 2 rings (SSSR count). The molecule has 1 aromatic heterocycles. The summed E-state index contributed by atoms with van der Waals surface area (Å²) in [5.41, 5.74) is 6.99. The van der Waals surface area contributed by atoms with E-state index >= 15 is 0 Å². The number of nitrogens with zero attached hydrogens (tertiary/aromatic N) is 1. The van der Waals surface area contributed by atoms with Crippen LogP contribution in [0, 0.1) is 0 Å². The Labute approximate surface area is 123 Å². The first-order chi connectivity index (χ1) is 10.2. The molecule has 2 aromatic rings. The van der Waals surface area contributed by atoms with Crippen molar-refractivity contribution in [2.24, 2.45) is 0 Å². The molecule has 0 aliphatic carbocycles. The molecule has 21 heavy (non-hydrogen) atoms. The zero-order chi connectivity index (χ0) is 15.2. The van der Waals surface area contributed by atoms with Gasteiger partial charge in [0, 0.05) is 11.6 Å². The summed E-state index contributed by atoms with van der Waals surface area (Å²) in [7, 11) is 0. The van der Waals surface area contributed by atoms with E-state index in [-0.39, 0.29) is 5.88 Å². The lowest BCUT2D eigenvalue weighted by molar-refractivity contribution is 0.261. The highest BCUT2D eigenvalue weighted by atomic mass is 16.5. The Morgan fingerprint density at radius 2 is 1.52 bits per heavy atom. The fraction of sp³-hybridized carbons (Fsp3) is 0.400. The van der Waals surface area contributed by atoms with Gasteiger partial charge in [0.1, 0.15) is 5.69 Å². The largest absolute Gasteiger partial charge is 0.490 e. The normalized spacial score (nSPS) is 10.4. The molecule has 114 valence electrons. The second-order valence-electron chi connectivity index (χ2n) is 4.22. The topological polar surface area (TPSA) is 79.7 Å². The van der Waals surface area contributed by atoms with Crippen LogP contribution >= 0.6 is 0 Å². The lowest BCUT2D eigenvalue weighted by Gasteiger charge is -2.16. The molecule has 6 heteroatoms. The zero-order valence-electron chi connectivity index (χ0n) is 12.5. The second kappa shape index (κ2) is 6.88. The van der Waals surface area contributed by atoms with Crippen molar-refractivity contribution in [3.8, 4) is 28.5 Å². The maximum Gasteiger partial charge on any atom is 0.222 e. The van der Waals surface area contributed by atoms with Gasteiger partial charge in [-0.15, -0.1) is 0 Å². The van der Waals surface area contributed by atoms with Gasteiger partial charge in [0.05, 0.1) is 19.8 Å². The van der Waals surface area contributed by atoms with Crippen molar-refractivity contribution in [1.82, 2.24) is 5.16 Å². The molecule has 1 heterocycles. The van der Waals surface area contributed by atoms with E-state index < -0.39 is 0 Å². The highest BCUT2D eigenvalue weighted by Crippen LogP contribution is 2.41. The summed E-state index contributed by atoms with van der Waals surface area (Å²) < 4.78 is 21.9. The number of rotatable bonds is 7. The van der Waals surface area contributed by atoms with Gasteiger partial charge in [-0.3, -0.25) is 0 Å². The van der Waals surface area contributed by atoms with Crippen molar-refractivity contribution in [1.29, 1.82) is 0 Å². The highest BCUT2D eigenvalue weighted by Gasteiger charge is 2.17. The van der Waals surface area contributed by atoms with E-state index in [4.69, 9.17) is 24.5 Å². The molecule has 0 saturated heterocycles. The van der Waals surface area contributed by atoms with E-state index in [1.165, 1.54) is 0 Å². The van der Waals surface area contributed by atoms with Crippen molar-refractivity contribution in [3.05, 3.63) is 18.2 Å². The van der Waals surface area contributed by atoms with Crippen molar-refractivity contribution in [2.45, 2.75) is 20.8 Å². The summed E-state index contributed by atoms with van der Waals surface area (Å²) in [4.78, 5) is 0. The van der Waals surface area contributed by atoms with E-state index in [1.54, 1.807) is 6.07 Å². The van der Waals surface area contributed by atoms with Gasteiger partial charge in [0.2, 0.25) is 11.6 Å². The quantitative estimate of drug-likeness (QED) is 0.844. The molecular formula is C15H20N2O4. The smallest absolute Gasteiger partial charge is 0.222 e. The van der Waals surface area contributed by atoms with Crippen LogP contribution in [0.5, 0.6) is 17.2 Å². The third kappa shape index (κ3) is 3.39. The van der Waals surface area contributed by atoms with Crippen molar-refractivity contribution in [2.75, 3.05) is 25.6 Å². The van der Waals surface area contributed by atoms with Gasteiger partial charge < -0.3 is 24.5 Å². The molecule has 2 N–H and O–H groups in total. The minimum Gasteiger partial charge on any atom is -0.490 e. The van der Waals surface area contributed by atoms with Crippen LogP contribution in [0.1, 0.15) is 20.8 Å². The third-order valence-electron chi connectivity index (χ3n) is 2.73. The van der Waals surface area contributed by atoms with Crippen molar-refractivity contribution >= 4 is 5.88 Å². The van der Waals surface area contributed by atoms with Gasteiger partial charge in [-0.1, -0.05) is 5.16 Å². The van der Waals surface area contributed by atoms with Crippen LogP contribution < -0.4 is 19.9 Å². The Morgan fingerprint density at radius 3 is 1.95 bits per heavy atom. The molecule has 0 fully saturated rings. The van der Waals surface area contributed by atoms with Gasteiger partial charge in [-0.05, 0) is 32.9 Å². The van der Waals surface area contributed by atoms with Gasteiger partial charge in [0.25, 0.3) is 0 Å². The van der Waals surface area contributed by atoms with Crippen LogP contribution in [0.3, 0.4) is 0 Å². The predicted molar refractivity (Wildman–Crippen MR) is 79.9 cm³/mol. The molecule has 0 radical (unpaired) electrons. The molecule has 0 aliphatic rings. The highest BCUT2D eigenvalue weighted by molar-refractivity contribution is 5.69. The van der Waals surface area contributed by atoms with E-state index in [1.807, 2.05) is 32.9 Å². The fourth-order valence-corrected chi connectivity index (χ4v) is 1.96. The summed E-state index contributed by atoms with van der Waals surface area (Å²) in [6.07, 6.45) is 0. The molecule has 0 spiro atoms. The Kier molecular flexibility index (Phi) is 4.92. The molecule has 0 bridgehead atoms. The Morgan fingerprint density at radius 1 is 0.952 bits per heavy atom. The molecule has 0 unspecified atom stereocenters. The summed E-state index contributed by atoms with van der Waals surface area (Å²) in [6.45, 7) is 7.31. The van der Waals surface area contributed by atoms with Gasteiger partial charge >= 0.3 is 0 Å². The summed E-state index contributed by atoms with van der Waals surface area (Å²) in [5.74, 6) is 2.08. The Balaban J connectivity index is 2.51. The summed E-state index contributed by atoms with van der Waals surface area (Å²) in [6, 6.07) is 5.34. The second-order valence-corrected chi connectivity index (χ2v) is 4.22. The van der Waals surface area contributed by atoms with Crippen LogP contribution in [0.2, 0.25) is 0 Å². The van der Waals surface area contributed by atoms with E-state index in [9.17, 15) is 0 Å². The molecule has 0 saturated carbocycles. The maximum absolute atomic E-state index is 5.65. The van der Waals surface area contributed by atoms with Crippen LogP contribution in [0.25, 0.3) is 11.3 Å². The molecule has 6 nitrogen and oxygen atoms in total. The number of hydrogen-bond acceptors (Lipinski definition) is 6. The van der Waals surface area contributed by atoms with Gasteiger partial charge in [-0.25, -0.2) is 0 Å². The average molecular weight is 292 g/mol. The molecule has 0 atom stereocenters. The van der Waals surface area contributed by atoms with E-state index in [0.29, 0.717) is 42.8 Å². The Hall–Kier alpha value is -2.37.